The predicted molar refractivity (Wildman–Crippen MR) is 106 cm³/mol. The minimum Gasteiger partial charge on any atom is -0.494 e. The third-order valence-corrected chi connectivity index (χ3v) is 4.86. The van der Waals surface area contributed by atoms with Gasteiger partial charge in [-0.15, -0.1) is 5.10 Å². The largest absolute Gasteiger partial charge is 0.494 e. The first-order valence-electron chi connectivity index (χ1n) is 9.00. The second-order valence-electron chi connectivity index (χ2n) is 6.08. The van der Waals surface area contributed by atoms with Crippen LogP contribution in [0.4, 0.5) is 0 Å². The first-order valence-corrected chi connectivity index (χ1v) is 9.88. The van der Waals surface area contributed by atoms with Crippen molar-refractivity contribution in [1.29, 1.82) is 0 Å². The molecule has 1 amide bonds. The van der Waals surface area contributed by atoms with Crippen LogP contribution < -0.4 is 10.1 Å². The number of ether oxygens (including phenoxy) is 1. The molecule has 1 heterocycles. The maximum Gasteiger partial charge on any atom is 0.239 e. The van der Waals surface area contributed by atoms with Crippen molar-refractivity contribution in [3.63, 3.8) is 0 Å². The van der Waals surface area contributed by atoms with Crippen LogP contribution in [0, 0.1) is 0 Å². The topological polar surface area (TPSA) is 63.1 Å². The van der Waals surface area contributed by atoms with E-state index >= 15 is 0 Å². The van der Waals surface area contributed by atoms with Crippen molar-refractivity contribution >= 4 is 29.1 Å². The molecule has 0 saturated carbocycles. The first-order chi connectivity index (χ1) is 12.2. The van der Waals surface area contributed by atoms with Crippen molar-refractivity contribution in [2.24, 2.45) is 10.2 Å². The SMILES string of the molecule is CCCCCCCCOc1ccc(C=NN=C2NC(=O)C(C)S2)cc1. The van der Waals surface area contributed by atoms with E-state index in [1.54, 1.807) is 6.21 Å². The Labute approximate surface area is 154 Å². The van der Waals surface area contributed by atoms with Crippen LogP contribution in [-0.4, -0.2) is 29.1 Å². The lowest BCUT2D eigenvalue weighted by atomic mass is 10.1. The molecule has 1 aromatic carbocycles. The maximum absolute atomic E-state index is 11.4. The molecule has 0 spiro atoms. The highest BCUT2D eigenvalue weighted by molar-refractivity contribution is 8.15. The van der Waals surface area contributed by atoms with Gasteiger partial charge in [0, 0.05) is 0 Å². The van der Waals surface area contributed by atoms with Crippen molar-refractivity contribution in [2.45, 2.75) is 57.6 Å². The standard InChI is InChI=1S/C19H27N3O2S/c1-3-4-5-6-7-8-13-24-17-11-9-16(10-12-17)14-20-22-19-21-18(23)15(2)25-19/h9-12,14-15H,3-8,13H2,1-2H3,(H,21,22,23). The van der Waals surface area contributed by atoms with E-state index in [1.807, 2.05) is 31.2 Å². The zero-order valence-corrected chi connectivity index (χ0v) is 15.8. The van der Waals surface area contributed by atoms with E-state index in [2.05, 4.69) is 22.4 Å². The molecule has 1 saturated heterocycles. The van der Waals surface area contributed by atoms with E-state index in [0.717, 1.165) is 24.3 Å². The molecule has 2 rings (SSSR count). The average Bonchev–Trinajstić information content (AvgIpc) is 2.93. The van der Waals surface area contributed by atoms with Gasteiger partial charge in [0.05, 0.1) is 18.1 Å². The van der Waals surface area contributed by atoms with Gasteiger partial charge >= 0.3 is 0 Å². The summed E-state index contributed by atoms with van der Waals surface area (Å²) >= 11 is 1.38. The first kappa shape index (κ1) is 19.5. The summed E-state index contributed by atoms with van der Waals surface area (Å²) in [5.41, 5.74) is 0.943. The van der Waals surface area contributed by atoms with Crippen LogP contribution in [0.25, 0.3) is 0 Å². The van der Waals surface area contributed by atoms with E-state index in [0.29, 0.717) is 5.17 Å². The Morgan fingerprint density at radius 3 is 2.56 bits per heavy atom. The minimum absolute atomic E-state index is 0.0224. The molecule has 136 valence electrons. The van der Waals surface area contributed by atoms with Gasteiger partial charge in [-0.1, -0.05) is 50.8 Å². The van der Waals surface area contributed by atoms with Crippen molar-refractivity contribution in [1.82, 2.24) is 5.32 Å². The number of unbranched alkanes of at least 4 members (excludes halogenated alkanes) is 5. The fourth-order valence-corrected chi connectivity index (χ4v) is 3.13. The van der Waals surface area contributed by atoms with Crippen LogP contribution in [-0.2, 0) is 4.79 Å². The molecule has 1 N–H and O–H groups in total. The maximum atomic E-state index is 11.4. The number of hydrogen-bond acceptors (Lipinski definition) is 5. The van der Waals surface area contributed by atoms with E-state index < -0.39 is 0 Å². The number of carbonyl (C=O) groups is 1. The van der Waals surface area contributed by atoms with Crippen molar-refractivity contribution < 1.29 is 9.53 Å². The lowest BCUT2D eigenvalue weighted by Crippen LogP contribution is -2.23. The molecule has 6 heteroatoms. The van der Waals surface area contributed by atoms with Crippen molar-refractivity contribution in [3.8, 4) is 5.75 Å². The van der Waals surface area contributed by atoms with E-state index in [9.17, 15) is 4.79 Å². The Balaban J connectivity index is 1.68. The van der Waals surface area contributed by atoms with Gasteiger partial charge < -0.3 is 10.1 Å². The fourth-order valence-electron chi connectivity index (χ4n) is 2.38. The van der Waals surface area contributed by atoms with Gasteiger partial charge in [0.1, 0.15) is 5.75 Å². The molecular formula is C19H27N3O2S. The third-order valence-electron chi connectivity index (χ3n) is 3.89. The molecule has 1 atom stereocenters. The molecular weight excluding hydrogens is 334 g/mol. The number of hydrogen-bond donors (Lipinski definition) is 1. The predicted octanol–water partition coefficient (Wildman–Crippen LogP) is 4.37. The Hall–Kier alpha value is -1.82. The summed E-state index contributed by atoms with van der Waals surface area (Å²) in [5, 5.41) is 11.2. The molecule has 0 radical (unpaired) electrons. The third kappa shape index (κ3) is 7.30. The zero-order valence-electron chi connectivity index (χ0n) is 15.0. The Morgan fingerprint density at radius 2 is 1.88 bits per heavy atom. The van der Waals surface area contributed by atoms with Gasteiger partial charge in [0.2, 0.25) is 5.91 Å². The summed E-state index contributed by atoms with van der Waals surface area (Å²) in [6.07, 6.45) is 9.25. The van der Waals surface area contributed by atoms with Crippen molar-refractivity contribution in [2.75, 3.05) is 6.61 Å². The summed E-state index contributed by atoms with van der Waals surface area (Å²) in [5.74, 6) is 0.857. The number of nitrogens with zero attached hydrogens (tertiary/aromatic N) is 2. The van der Waals surface area contributed by atoms with Gasteiger partial charge in [0.25, 0.3) is 0 Å². The van der Waals surface area contributed by atoms with Gasteiger partial charge in [-0.3, -0.25) is 4.79 Å². The van der Waals surface area contributed by atoms with E-state index in [4.69, 9.17) is 4.74 Å². The number of rotatable bonds is 10. The minimum atomic E-state index is -0.1000. The van der Waals surface area contributed by atoms with Crippen LogP contribution in [0.5, 0.6) is 5.75 Å². The lowest BCUT2D eigenvalue weighted by Gasteiger charge is -2.06. The number of thioether (sulfide) groups is 1. The van der Waals surface area contributed by atoms with Crippen LogP contribution in [0.2, 0.25) is 0 Å². The smallest absolute Gasteiger partial charge is 0.239 e. The molecule has 5 nitrogen and oxygen atoms in total. The summed E-state index contributed by atoms with van der Waals surface area (Å²) in [4.78, 5) is 11.4. The Kier molecular flexibility index (Phi) is 8.52. The van der Waals surface area contributed by atoms with Crippen LogP contribution >= 0.6 is 11.8 Å². The second kappa shape index (κ2) is 10.9. The van der Waals surface area contributed by atoms with Gasteiger partial charge in [-0.25, -0.2) is 0 Å². The highest BCUT2D eigenvalue weighted by atomic mass is 32.2. The molecule has 0 aliphatic carbocycles. The molecule has 1 aliphatic rings. The second-order valence-corrected chi connectivity index (χ2v) is 7.41. The van der Waals surface area contributed by atoms with Crippen LogP contribution in [0.1, 0.15) is 57.9 Å². The van der Waals surface area contributed by atoms with Gasteiger partial charge in [-0.05, 0) is 43.2 Å². The van der Waals surface area contributed by atoms with Gasteiger partial charge in [0.15, 0.2) is 5.17 Å². The molecule has 1 fully saturated rings. The monoisotopic (exact) mass is 361 g/mol. The summed E-state index contributed by atoms with van der Waals surface area (Å²) in [6, 6.07) is 7.78. The number of amides is 1. The molecule has 0 aromatic heterocycles. The van der Waals surface area contributed by atoms with Crippen LogP contribution in [0.3, 0.4) is 0 Å². The lowest BCUT2D eigenvalue weighted by molar-refractivity contribution is -0.118. The summed E-state index contributed by atoms with van der Waals surface area (Å²) < 4.78 is 5.75. The van der Waals surface area contributed by atoms with Crippen molar-refractivity contribution in [3.05, 3.63) is 29.8 Å². The van der Waals surface area contributed by atoms with E-state index in [1.165, 1.54) is 43.9 Å². The molecule has 1 unspecified atom stereocenters. The van der Waals surface area contributed by atoms with E-state index in [-0.39, 0.29) is 11.2 Å². The van der Waals surface area contributed by atoms with Gasteiger partial charge in [-0.2, -0.15) is 5.10 Å². The number of nitrogens with one attached hydrogen (secondary N) is 1. The number of carbonyl (C=O) groups excluding carboxylic acids is 1. The highest BCUT2D eigenvalue weighted by Crippen LogP contribution is 2.18. The molecule has 0 bridgehead atoms. The van der Waals surface area contributed by atoms with Crippen LogP contribution in [0.15, 0.2) is 34.5 Å². The number of amidine groups is 1. The molecule has 1 aromatic rings. The highest BCUT2D eigenvalue weighted by Gasteiger charge is 2.25. The zero-order chi connectivity index (χ0) is 17.9. The fraction of sp³-hybridized carbons (Fsp3) is 0.526. The number of benzene rings is 1. The normalized spacial score (nSPS) is 18.9. The summed E-state index contributed by atoms with van der Waals surface area (Å²) in [6.45, 7) is 4.84. The summed E-state index contributed by atoms with van der Waals surface area (Å²) in [7, 11) is 0. The average molecular weight is 362 g/mol. The Bertz CT molecular complexity index is 599. The molecule has 1 aliphatic heterocycles. The Morgan fingerprint density at radius 1 is 1.16 bits per heavy atom. The molecule has 25 heavy (non-hydrogen) atoms. The quantitative estimate of drug-likeness (QED) is 0.382.